The second-order valence-corrected chi connectivity index (χ2v) is 14.9. The molecule has 0 aromatic heterocycles. The van der Waals surface area contributed by atoms with Crippen molar-refractivity contribution >= 4 is 17.9 Å². The van der Waals surface area contributed by atoms with Crippen LogP contribution in [0.15, 0.2) is 12.2 Å². The van der Waals surface area contributed by atoms with Crippen LogP contribution in [-0.4, -0.2) is 75.5 Å². The molecule has 288 valence electrons. The number of esters is 2. The molecular formula is C41H77NO7. The lowest BCUT2D eigenvalue weighted by molar-refractivity contribution is -0.889. The van der Waals surface area contributed by atoms with E-state index in [1.54, 1.807) is 21.1 Å². The molecule has 0 fully saturated rings. The standard InChI is InChI=1S/C41H77NO7/c1-6-8-10-12-14-16-18-19-20-21-22-24-26-28-30-32-40(44)49-37(35-47-34-33-38(41(45)46)42(3,4)5)36-48-39(43)31-29-27-25-23-17-15-13-11-9-7-2/h19-20,37-38H,6-18,21-36H2,1-5H3/b20-19-. The molecule has 0 aliphatic rings. The Morgan fingerprint density at radius 3 is 1.47 bits per heavy atom. The Labute approximate surface area is 301 Å². The van der Waals surface area contributed by atoms with Crippen LogP contribution >= 0.6 is 0 Å². The molecule has 0 spiro atoms. The molecule has 0 rings (SSSR count). The summed E-state index contributed by atoms with van der Waals surface area (Å²) in [6.45, 7) is 4.64. The second-order valence-electron chi connectivity index (χ2n) is 14.9. The highest BCUT2D eigenvalue weighted by molar-refractivity contribution is 5.70. The topological polar surface area (TPSA) is 102 Å². The molecule has 0 bridgehead atoms. The summed E-state index contributed by atoms with van der Waals surface area (Å²) in [7, 11) is 5.40. The van der Waals surface area contributed by atoms with Crippen LogP contribution in [-0.2, 0) is 28.6 Å². The zero-order chi connectivity index (χ0) is 36.4. The van der Waals surface area contributed by atoms with Gasteiger partial charge in [-0.3, -0.25) is 9.59 Å². The van der Waals surface area contributed by atoms with Crippen molar-refractivity contribution in [1.82, 2.24) is 0 Å². The van der Waals surface area contributed by atoms with Crippen LogP contribution in [0.3, 0.4) is 0 Å². The van der Waals surface area contributed by atoms with Gasteiger partial charge in [0.25, 0.3) is 0 Å². The molecule has 0 aliphatic heterocycles. The average Bonchev–Trinajstić information content (AvgIpc) is 3.05. The molecule has 0 aliphatic carbocycles. The number of hydrogen-bond donors (Lipinski definition) is 0. The van der Waals surface area contributed by atoms with E-state index in [1.165, 1.54) is 96.3 Å². The van der Waals surface area contributed by atoms with Gasteiger partial charge in [0.05, 0.1) is 40.3 Å². The summed E-state index contributed by atoms with van der Waals surface area (Å²) in [6, 6.07) is -0.721. The quantitative estimate of drug-likeness (QED) is 0.0279. The maximum absolute atomic E-state index is 12.6. The lowest BCUT2D eigenvalue weighted by atomic mass is 10.1. The average molecular weight is 696 g/mol. The highest BCUT2D eigenvalue weighted by Crippen LogP contribution is 2.14. The lowest BCUT2D eigenvalue weighted by Gasteiger charge is -2.34. The minimum absolute atomic E-state index is 0.0422. The number of carboxylic acids is 1. The van der Waals surface area contributed by atoms with E-state index in [2.05, 4.69) is 26.0 Å². The number of rotatable bonds is 36. The summed E-state index contributed by atoms with van der Waals surface area (Å²) in [5.41, 5.74) is 0. The van der Waals surface area contributed by atoms with Gasteiger partial charge in [0.15, 0.2) is 6.10 Å². The number of hydrogen-bond acceptors (Lipinski definition) is 7. The monoisotopic (exact) mass is 696 g/mol. The van der Waals surface area contributed by atoms with E-state index in [4.69, 9.17) is 14.2 Å². The molecule has 49 heavy (non-hydrogen) atoms. The Morgan fingerprint density at radius 1 is 0.592 bits per heavy atom. The fraction of sp³-hybridized carbons (Fsp3) is 0.878. The first kappa shape index (κ1) is 47.1. The Morgan fingerprint density at radius 2 is 1.02 bits per heavy atom. The number of allylic oxidation sites excluding steroid dienone is 2. The third-order valence-corrected chi connectivity index (χ3v) is 9.15. The Balaban J connectivity index is 4.38. The minimum atomic E-state index is -1.13. The molecule has 0 aromatic rings. The maximum Gasteiger partial charge on any atom is 0.306 e. The van der Waals surface area contributed by atoms with Gasteiger partial charge in [0, 0.05) is 19.3 Å². The second kappa shape index (κ2) is 33.2. The molecule has 2 unspecified atom stereocenters. The van der Waals surface area contributed by atoms with Gasteiger partial charge in [0.1, 0.15) is 12.6 Å². The summed E-state index contributed by atoms with van der Waals surface area (Å²) in [4.78, 5) is 36.6. The Bertz CT molecular complexity index is 823. The third kappa shape index (κ3) is 31.8. The molecule has 0 saturated heterocycles. The van der Waals surface area contributed by atoms with Crippen molar-refractivity contribution in [1.29, 1.82) is 0 Å². The number of aliphatic carboxylic acids is 1. The number of likely N-dealkylation sites (N-methyl/N-ethyl adjacent to an activating group) is 1. The minimum Gasteiger partial charge on any atom is -0.544 e. The van der Waals surface area contributed by atoms with Gasteiger partial charge in [-0.15, -0.1) is 0 Å². The summed E-state index contributed by atoms with van der Waals surface area (Å²) in [6.07, 6.45) is 32.3. The first-order valence-electron chi connectivity index (χ1n) is 20.2. The largest absolute Gasteiger partial charge is 0.544 e. The summed E-state index contributed by atoms with van der Waals surface area (Å²) in [5, 5.41) is 11.6. The van der Waals surface area contributed by atoms with E-state index < -0.39 is 18.1 Å². The first-order chi connectivity index (χ1) is 23.6. The lowest BCUT2D eigenvalue weighted by Crippen LogP contribution is -2.55. The fourth-order valence-electron chi connectivity index (χ4n) is 5.95. The number of carboxylic acid groups (broad SMARTS) is 1. The maximum atomic E-state index is 12.6. The van der Waals surface area contributed by atoms with Crippen molar-refractivity contribution in [2.75, 3.05) is 41.0 Å². The molecule has 0 radical (unpaired) electrons. The predicted molar refractivity (Wildman–Crippen MR) is 199 cm³/mol. The molecule has 0 N–H and O–H groups in total. The summed E-state index contributed by atoms with van der Waals surface area (Å²) >= 11 is 0. The van der Waals surface area contributed by atoms with Crippen LogP contribution in [0.4, 0.5) is 0 Å². The van der Waals surface area contributed by atoms with Crippen molar-refractivity contribution in [2.45, 2.75) is 193 Å². The van der Waals surface area contributed by atoms with E-state index in [-0.39, 0.29) is 42.7 Å². The number of ether oxygens (including phenoxy) is 3. The van der Waals surface area contributed by atoms with Gasteiger partial charge < -0.3 is 28.6 Å². The number of quaternary nitrogens is 1. The van der Waals surface area contributed by atoms with Crippen LogP contribution in [0, 0.1) is 0 Å². The van der Waals surface area contributed by atoms with Crippen LogP contribution in [0.1, 0.15) is 181 Å². The van der Waals surface area contributed by atoms with Crippen molar-refractivity contribution < 1.29 is 38.2 Å². The highest BCUT2D eigenvalue weighted by atomic mass is 16.6. The molecule has 0 saturated carbocycles. The van der Waals surface area contributed by atoms with Gasteiger partial charge in [-0.25, -0.2) is 0 Å². The van der Waals surface area contributed by atoms with Crippen LogP contribution < -0.4 is 5.11 Å². The number of carbonyl (C=O) groups excluding carboxylic acids is 3. The van der Waals surface area contributed by atoms with E-state index in [0.717, 1.165) is 51.4 Å². The molecule has 8 heteroatoms. The van der Waals surface area contributed by atoms with E-state index in [9.17, 15) is 19.5 Å². The van der Waals surface area contributed by atoms with Crippen molar-refractivity contribution in [3.8, 4) is 0 Å². The van der Waals surface area contributed by atoms with Gasteiger partial charge in [-0.05, 0) is 38.5 Å². The summed E-state index contributed by atoms with van der Waals surface area (Å²) < 4.78 is 17.1. The number of unbranched alkanes of at least 4 members (excludes halogenated alkanes) is 20. The van der Waals surface area contributed by atoms with E-state index in [0.29, 0.717) is 12.8 Å². The fourth-order valence-corrected chi connectivity index (χ4v) is 5.95. The number of carbonyl (C=O) groups is 3. The van der Waals surface area contributed by atoms with E-state index >= 15 is 0 Å². The van der Waals surface area contributed by atoms with Crippen molar-refractivity contribution in [2.24, 2.45) is 0 Å². The first-order valence-corrected chi connectivity index (χ1v) is 20.2. The van der Waals surface area contributed by atoms with Crippen LogP contribution in [0.2, 0.25) is 0 Å². The molecule has 2 atom stereocenters. The van der Waals surface area contributed by atoms with Crippen molar-refractivity contribution in [3.63, 3.8) is 0 Å². The Kier molecular flexibility index (Phi) is 31.9. The molecule has 8 nitrogen and oxygen atoms in total. The zero-order valence-electron chi connectivity index (χ0n) is 32.6. The van der Waals surface area contributed by atoms with Gasteiger partial charge in [-0.1, -0.05) is 135 Å². The highest BCUT2D eigenvalue weighted by Gasteiger charge is 2.25. The molecule has 0 aromatic carbocycles. The van der Waals surface area contributed by atoms with E-state index in [1.807, 2.05) is 0 Å². The molecule has 0 amide bonds. The SMILES string of the molecule is CCCCCCCC/C=C\CCCCCCCC(=O)OC(COCCC(C(=O)[O-])[N+](C)(C)C)COC(=O)CCCCCCCCCCCC. The predicted octanol–water partition coefficient (Wildman–Crippen LogP) is 9.02. The molecular weight excluding hydrogens is 618 g/mol. The van der Waals surface area contributed by atoms with Crippen LogP contribution in [0.25, 0.3) is 0 Å². The normalized spacial score (nSPS) is 13.1. The van der Waals surface area contributed by atoms with Crippen LogP contribution in [0.5, 0.6) is 0 Å². The smallest absolute Gasteiger partial charge is 0.306 e. The van der Waals surface area contributed by atoms with Gasteiger partial charge in [-0.2, -0.15) is 0 Å². The zero-order valence-corrected chi connectivity index (χ0v) is 32.6. The Hall–Kier alpha value is -1.93. The summed E-state index contributed by atoms with van der Waals surface area (Å²) in [5.74, 6) is -1.74. The van der Waals surface area contributed by atoms with Gasteiger partial charge in [0.2, 0.25) is 0 Å². The number of nitrogens with zero attached hydrogens (tertiary/aromatic N) is 1. The van der Waals surface area contributed by atoms with Gasteiger partial charge >= 0.3 is 11.9 Å². The third-order valence-electron chi connectivity index (χ3n) is 9.15. The van der Waals surface area contributed by atoms with Crippen molar-refractivity contribution in [3.05, 3.63) is 12.2 Å². The molecule has 0 heterocycles.